The lowest BCUT2D eigenvalue weighted by atomic mass is 9.82. The Morgan fingerprint density at radius 1 is 1.14 bits per heavy atom. The molecule has 116 valence electrons. The Morgan fingerprint density at radius 2 is 1.86 bits per heavy atom. The molecule has 0 aromatic heterocycles. The van der Waals surface area contributed by atoms with Crippen LogP contribution in [-0.2, 0) is 16.9 Å². The molecular weight excluding hydrogens is 298 g/mol. The quantitative estimate of drug-likeness (QED) is 0.910. The van der Waals surface area contributed by atoms with E-state index < -0.39 is 11.7 Å². The molecule has 2 N–H and O–H groups in total. The second kappa shape index (κ2) is 6.80. The van der Waals surface area contributed by atoms with Crippen LogP contribution in [0.5, 0.6) is 0 Å². The van der Waals surface area contributed by atoms with Crippen molar-refractivity contribution < 1.29 is 9.84 Å². The highest BCUT2D eigenvalue weighted by Gasteiger charge is 2.42. The average molecular weight is 318 g/mol. The fourth-order valence-electron chi connectivity index (χ4n) is 2.95. The molecule has 2 atom stereocenters. The highest BCUT2D eigenvalue weighted by Crippen LogP contribution is 2.36. The number of rotatable bonds is 4. The van der Waals surface area contributed by atoms with Gasteiger partial charge in [0.15, 0.2) is 0 Å². The van der Waals surface area contributed by atoms with Crippen molar-refractivity contribution in [2.45, 2.75) is 24.7 Å². The number of aliphatic hydroxyl groups is 1. The van der Waals surface area contributed by atoms with Crippen molar-refractivity contribution in [3.8, 4) is 0 Å². The van der Waals surface area contributed by atoms with E-state index in [1.54, 1.807) is 0 Å². The van der Waals surface area contributed by atoms with E-state index in [1.807, 2.05) is 54.6 Å². The van der Waals surface area contributed by atoms with E-state index in [2.05, 4.69) is 5.32 Å². The van der Waals surface area contributed by atoms with Gasteiger partial charge in [0.1, 0.15) is 5.60 Å². The molecule has 3 rings (SSSR count). The Morgan fingerprint density at radius 3 is 2.55 bits per heavy atom. The molecule has 1 aliphatic heterocycles. The van der Waals surface area contributed by atoms with Gasteiger partial charge in [0.05, 0.1) is 12.7 Å². The lowest BCUT2D eigenvalue weighted by molar-refractivity contribution is -0.152. The Bertz CT molecular complexity index is 602. The zero-order valence-electron chi connectivity index (χ0n) is 12.3. The number of hydrogen-bond acceptors (Lipinski definition) is 3. The van der Waals surface area contributed by atoms with Crippen molar-refractivity contribution in [1.29, 1.82) is 0 Å². The third-order valence-corrected chi connectivity index (χ3v) is 4.47. The smallest absolute Gasteiger partial charge is 0.122 e. The van der Waals surface area contributed by atoms with Crippen LogP contribution in [0.2, 0.25) is 5.02 Å². The minimum atomic E-state index is -0.689. The van der Waals surface area contributed by atoms with Gasteiger partial charge in [0.2, 0.25) is 0 Å². The van der Waals surface area contributed by atoms with Crippen LogP contribution in [0, 0.1) is 0 Å². The normalized spacial score (nSPS) is 25.1. The molecule has 0 aliphatic carbocycles. The standard InChI is InChI=1S/C18H20ClNO2/c19-16-8-6-15(7-9-16)18(10-11-20-12-17(18)21)22-13-14-4-2-1-3-5-14/h1-9,17,20-21H,10-13H2/t17-,18-/m1/s1. The van der Waals surface area contributed by atoms with E-state index in [1.165, 1.54) is 0 Å². The maximum Gasteiger partial charge on any atom is 0.122 e. The van der Waals surface area contributed by atoms with E-state index in [-0.39, 0.29) is 0 Å². The number of β-amino-alcohol motifs (C(OH)–C–C–N with tert-alkyl or cyclic N) is 1. The number of benzene rings is 2. The van der Waals surface area contributed by atoms with Gasteiger partial charge in [-0.3, -0.25) is 0 Å². The van der Waals surface area contributed by atoms with Crippen LogP contribution in [-0.4, -0.2) is 24.3 Å². The molecular formula is C18H20ClNO2. The SMILES string of the molecule is O[C@@H]1CNCC[C@@]1(OCc1ccccc1)c1ccc(Cl)cc1. The molecule has 2 aromatic rings. The molecule has 4 heteroatoms. The van der Waals surface area contributed by atoms with E-state index in [0.29, 0.717) is 18.2 Å². The first-order valence-corrected chi connectivity index (χ1v) is 7.91. The van der Waals surface area contributed by atoms with Gasteiger partial charge in [-0.05, 0) is 36.2 Å². The molecule has 0 bridgehead atoms. The Kier molecular flexibility index (Phi) is 4.79. The van der Waals surface area contributed by atoms with Crippen LogP contribution in [0.15, 0.2) is 54.6 Å². The topological polar surface area (TPSA) is 41.5 Å². The fraction of sp³-hybridized carbons (Fsp3) is 0.333. The van der Waals surface area contributed by atoms with Gasteiger partial charge in [-0.1, -0.05) is 54.1 Å². The van der Waals surface area contributed by atoms with E-state index >= 15 is 0 Å². The van der Waals surface area contributed by atoms with E-state index in [4.69, 9.17) is 16.3 Å². The van der Waals surface area contributed by atoms with Crippen LogP contribution in [0.25, 0.3) is 0 Å². The van der Waals surface area contributed by atoms with Crippen LogP contribution in [0.4, 0.5) is 0 Å². The number of halogens is 1. The predicted molar refractivity (Wildman–Crippen MR) is 87.9 cm³/mol. The third-order valence-electron chi connectivity index (χ3n) is 4.22. The number of nitrogens with one attached hydrogen (secondary N) is 1. The minimum absolute atomic E-state index is 0.473. The molecule has 22 heavy (non-hydrogen) atoms. The van der Waals surface area contributed by atoms with Gasteiger partial charge >= 0.3 is 0 Å². The second-order valence-electron chi connectivity index (χ2n) is 5.64. The highest BCUT2D eigenvalue weighted by molar-refractivity contribution is 6.30. The van der Waals surface area contributed by atoms with Gasteiger partial charge in [0, 0.05) is 11.6 Å². The molecule has 1 aliphatic rings. The summed E-state index contributed by atoms with van der Waals surface area (Å²) in [4.78, 5) is 0. The second-order valence-corrected chi connectivity index (χ2v) is 6.08. The molecule has 0 radical (unpaired) electrons. The van der Waals surface area contributed by atoms with Crippen LogP contribution >= 0.6 is 11.6 Å². The van der Waals surface area contributed by atoms with Gasteiger partial charge < -0.3 is 15.2 Å². The molecule has 3 nitrogen and oxygen atoms in total. The third kappa shape index (κ3) is 3.18. The summed E-state index contributed by atoms with van der Waals surface area (Å²) in [6.45, 7) is 1.81. The lowest BCUT2D eigenvalue weighted by Gasteiger charge is -2.42. The summed E-state index contributed by atoms with van der Waals surface area (Å²) in [6, 6.07) is 17.6. The molecule has 0 spiro atoms. The van der Waals surface area contributed by atoms with Crippen molar-refractivity contribution >= 4 is 11.6 Å². The summed E-state index contributed by atoms with van der Waals surface area (Å²) in [7, 11) is 0. The van der Waals surface area contributed by atoms with Gasteiger partial charge in [-0.2, -0.15) is 0 Å². The molecule has 1 heterocycles. The lowest BCUT2D eigenvalue weighted by Crippen LogP contribution is -2.53. The Labute approximate surface area is 135 Å². The molecule has 1 fully saturated rings. The zero-order valence-corrected chi connectivity index (χ0v) is 13.1. The number of ether oxygens (including phenoxy) is 1. The summed E-state index contributed by atoms with van der Waals surface area (Å²) in [5.74, 6) is 0. The number of aliphatic hydroxyl groups excluding tert-OH is 1. The summed E-state index contributed by atoms with van der Waals surface area (Å²) >= 11 is 5.99. The van der Waals surface area contributed by atoms with Crippen LogP contribution in [0.1, 0.15) is 17.5 Å². The first-order valence-electron chi connectivity index (χ1n) is 7.53. The zero-order chi connectivity index (χ0) is 15.4. The van der Waals surface area contributed by atoms with E-state index in [9.17, 15) is 5.11 Å². The van der Waals surface area contributed by atoms with Crippen LogP contribution in [0.3, 0.4) is 0 Å². The average Bonchev–Trinajstić information content (AvgIpc) is 2.56. The van der Waals surface area contributed by atoms with Crippen molar-refractivity contribution in [3.05, 3.63) is 70.7 Å². The van der Waals surface area contributed by atoms with Crippen LogP contribution < -0.4 is 5.32 Å². The molecule has 1 saturated heterocycles. The molecule has 0 unspecified atom stereocenters. The first-order chi connectivity index (χ1) is 10.7. The summed E-state index contributed by atoms with van der Waals surface area (Å²) in [6.07, 6.45) is 0.133. The predicted octanol–water partition coefficient (Wildman–Crippen LogP) is 3.11. The number of hydrogen-bond donors (Lipinski definition) is 2. The fourth-order valence-corrected chi connectivity index (χ4v) is 3.08. The summed E-state index contributed by atoms with van der Waals surface area (Å²) in [5, 5.41) is 14.5. The minimum Gasteiger partial charge on any atom is -0.388 e. The summed E-state index contributed by atoms with van der Waals surface area (Å²) in [5.41, 5.74) is 1.38. The maximum absolute atomic E-state index is 10.6. The van der Waals surface area contributed by atoms with Crippen molar-refractivity contribution in [2.75, 3.05) is 13.1 Å². The molecule has 2 aromatic carbocycles. The van der Waals surface area contributed by atoms with Crippen molar-refractivity contribution in [2.24, 2.45) is 0 Å². The van der Waals surface area contributed by atoms with Crippen molar-refractivity contribution in [1.82, 2.24) is 5.32 Å². The Hall–Kier alpha value is -1.39. The monoisotopic (exact) mass is 317 g/mol. The summed E-state index contributed by atoms with van der Waals surface area (Å²) < 4.78 is 6.26. The van der Waals surface area contributed by atoms with Crippen molar-refractivity contribution in [3.63, 3.8) is 0 Å². The molecule has 0 amide bonds. The largest absolute Gasteiger partial charge is 0.388 e. The highest BCUT2D eigenvalue weighted by atomic mass is 35.5. The molecule has 0 saturated carbocycles. The number of piperidine rings is 1. The maximum atomic E-state index is 10.6. The van der Waals surface area contributed by atoms with Gasteiger partial charge in [-0.25, -0.2) is 0 Å². The first kappa shape index (κ1) is 15.5. The van der Waals surface area contributed by atoms with E-state index in [0.717, 1.165) is 24.1 Å². The Balaban J connectivity index is 1.87. The van der Waals surface area contributed by atoms with Gasteiger partial charge in [0.25, 0.3) is 0 Å². The van der Waals surface area contributed by atoms with Gasteiger partial charge in [-0.15, -0.1) is 0 Å².